The van der Waals surface area contributed by atoms with Gasteiger partial charge in [0.15, 0.2) is 0 Å². The van der Waals surface area contributed by atoms with Gasteiger partial charge in [-0.25, -0.2) is 14.6 Å². The third-order valence-electron chi connectivity index (χ3n) is 2.61. The molecule has 0 fully saturated rings. The quantitative estimate of drug-likeness (QED) is 0.471. The van der Waals surface area contributed by atoms with E-state index in [1.54, 1.807) is 32.7 Å². The number of thioether (sulfide) groups is 1. The maximum absolute atomic E-state index is 11.8. The molecule has 0 aromatic heterocycles. The van der Waals surface area contributed by atoms with Crippen LogP contribution in [0.3, 0.4) is 0 Å². The Hall–Kier alpha value is -0.910. The summed E-state index contributed by atoms with van der Waals surface area (Å²) >= 11 is 1.67. The monoisotopic (exact) mass is 329 g/mol. The highest BCUT2D eigenvalue weighted by Crippen LogP contribution is 2.42. The van der Waals surface area contributed by atoms with Crippen molar-refractivity contribution in [2.24, 2.45) is 0 Å². The van der Waals surface area contributed by atoms with Crippen molar-refractivity contribution >= 4 is 39.6 Å². The van der Waals surface area contributed by atoms with Gasteiger partial charge >= 0.3 is 6.09 Å². The zero-order chi connectivity index (χ0) is 14.8. The summed E-state index contributed by atoms with van der Waals surface area (Å²) in [6.45, 7) is 3.60. The fourth-order valence-electron chi connectivity index (χ4n) is 1.49. The van der Waals surface area contributed by atoms with Crippen LogP contribution in [0.2, 0.25) is 0 Å². The summed E-state index contributed by atoms with van der Waals surface area (Å²) in [6, 6.07) is 2.16. The van der Waals surface area contributed by atoms with Crippen molar-refractivity contribution in [1.29, 1.82) is 5.26 Å². The maximum Gasteiger partial charge on any atom is 0.444 e. The second-order valence-corrected chi connectivity index (χ2v) is 8.90. The van der Waals surface area contributed by atoms with Gasteiger partial charge in [-0.15, -0.1) is 0 Å². The van der Waals surface area contributed by atoms with Crippen molar-refractivity contribution in [3.05, 3.63) is 22.8 Å². The van der Waals surface area contributed by atoms with Crippen LogP contribution in [0, 0.1) is 11.3 Å². The molecule has 1 aliphatic heterocycles. The maximum atomic E-state index is 11.8. The fourth-order valence-corrected chi connectivity index (χ4v) is 4.23. The highest BCUT2D eigenvalue weighted by Gasteiger charge is 2.28. The van der Waals surface area contributed by atoms with E-state index in [4.69, 9.17) is 10.1 Å². The first-order chi connectivity index (χ1) is 9.41. The number of rotatable bonds is 5. The molecule has 0 saturated carbocycles. The van der Waals surface area contributed by atoms with E-state index in [-0.39, 0.29) is 0 Å². The topological polar surface area (TPSA) is 65.4 Å². The lowest BCUT2D eigenvalue weighted by atomic mass is 10.2. The Bertz CT molecular complexity index is 511. The predicted molar refractivity (Wildman–Crippen MR) is 84.4 cm³/mol. The molecule has 108 valence electrons. The number of amides is 1. The zero-order valence-corrected chi connectivity index (χ0v) is 13.8. The minimum Gasteiger partial charge on any atom is -0.323 e. The third kappa shape index (κ3) is 3.81. The number of nitrogens with one attached hydrogen (secondary N) is 1. The number of fused-ring (bicyclic) bond motifs is 2. The number of carbonyl (C=O) groups is 1. The largest absolute Gasteiger partial charge is 0.444 e. The molecular formula is C12H15N3O2S3. The molecule has 1 heterocycles. The van der Waals surface area contributed by atoms with Gasteiger partial charge in [0, 0.05) is 23.3 Å². The Kier molecular flexibility index (Phi) is 4.83. The number of hydrogen-bond donors (Lipinski definition) is 1. The van der Waals surface area contributed by atoms with Crippen LogP contribution in [-0.4, -0.2) is 27.4 Å². The molecule has 20 heavy (non-hydrogen) atoms. The molecule has 2 bridgehead atoms. The van der Waals surface area contributed by atoms with Gasteiger partial charge in [-0.05, 0) is 36.6 Å². The van der Waals surface area contributed by atoms with E-state index in [0.717, 1.165) is 11.4 Å². The number of carbonyl (C=O) groups excluding carboxylic acids is 1. The molecule has 5 nitrogen and oxygen atoms in total. The van der Waals surface area contributed by atoms with Crippen molar-refractivity contribution in [1.82, 2.24) is 9.79 Å². The van der Waals surface area contributed by atoms with Crippen LogP contribution in [0.25, 0.3) is 0 Å². The minimum absolute atomic E-state index is 0.477. The molecule has 2 rings (SSSR count). The molecule has 8 heteroatoms. The first kappa shape index (κ1) is 15.5. The van der Waals surface area contributed by atoms with E-state index in [1.807, 2.05) is 0 Å². The molecule has 1 unspecified atom stereocenters. The summed E-state index contributed by atoms with van der Waals surface area (Å²) < 4.78 is 0.804. The Morgan fingerprint density at radius 3 is 3.00 bits per heavy atom. The van der Waals surface area contributed by atoms with Crippen LogP contribution in [0.15, 0.2) is 22.8 Å². The van der Waals surface area contributed by atoms with Crippen LogP contribution in [-0.2, 0) is 4.84 Å². The SMILES string of the molecule is CN(SSC(C)(C)C#N)C(=O)ONC1=C2C=CC(C2)S1. The first-order valence-electron chi connectivity index (χ1n) is 5.97. The van der Waals surface area contributed by atoms with E-state index in [1.165, 1.54) is 31.7 Å². The second-order valence-electron chi connectivity index (χ2n) is 4.82. The molecule has 0 radical (unpaired) electrons. The molecule has 1 N–H and O–H groups in total. The lowest BCUT2D eigenvalue weighted by molar-refractivity contribution is 0.0973. The number of allylic oxidation sites excluding steroid dienone is 2. The number of hydroxylamine groups is 1. The summed E-state index contributed by atoms with van der Waals surface area (Å²) in [4.78, 5) is 16.8. The molecule has 2 aliphatic rings. The summed E-state index contributed by atoms with van der Waals surface area (Å²) in [6.07, 6.45) is 4.72. The van der Waals surface area contributed by atoms with E-state index in [2.05, 4.69) is 23.7 Å². The van der Waals surface area contributed by atoms with Gasteiger partial charge in [-0.3, -0.25) is 0 Å². The lowest BCUT2D eigenvalue weighted by Gasteiger charge is -2.19. The molecular weight excluding hydrogens is 314 g/mol. The van der Waals surface area contributed by atoms with Crippen LogP contribution >= 0.6 is 33.5 Å². The Morgan fingerprint density at radius 1 is 1.70 bits per heavy atom. The zero-order valence-electron chi connectivity index (χ0n) is 11.4. The van der Waals surface area contributed by atoms with Crippen molar-refractivity contribution in [2.45, 2.75) is 30.3 Å². The van der Waals surface area contributed by atoms with Crippen LogP contribution in [0.1, 0.15) is 20.3 Å². The van der Waals surface area contributed by atoms with Crippen LogP contribution < -0.4 is 5.48 Å². The van der Waals surface area contributed by atoms with Gasteiger partial charge < -0.3 is 4.84 Å². The summed E-state index contributed by atoms with van der Waals surface area (Å²) in [7, 11) is 4.11. The number of nitrogens with zero attached hydrogens (tertiary/aromatic N) is 2. The summed E-state index contributed by atoms with van der Waals surface area (Å²) in [5.74, 6) is 0. The van der Waals surface area contributed by atoms with Crippen LogP contribution in [0.5, 0.6) is 0 Å². The predicted octanol–water partition coefficient (Wildman–Crippen LogP) is 3.44. The molecule has 0 spiro atoms. The molecule has 0 saturated heterocycles. The van der Waals surface area contributed by atoms with Gasteiger partial charge in [0.1, 0.15) is 9.78 Å². The third-order valence-corrected chi connectivity index (χ3v) is 6.92. The molecule has 1 amide bonds. The van der Waals surface area contributed by atoms with E-state index >= 15 is 0 Å². The van der Waals surface area contributed by atoms with Gasteiger partial charge in [0.2, 0.25) is 0 Å². The second kappa shape index (κ2) is 6.24. The van der Waals surface area contributed by atoms with E-state index in [9.17, 15) is 4.79 Å². The van der Waals surface area contributed by atoms with Gasteiger partial charge in [0.05, 0.1) is 6.07 Å². The summed E-state index contributed by atoms with van der Waals surface area (Å²) in [5.41, 5.74) is 3.90. The van der Waals surface area contributed by atoms with E-state index < -0.39 is 10.8 Å². The highest BCUT2D eigenvalue weighted by molar-refractivity contribution is 8.76. The minimum atomic E-state index is -0.553. The van der Waals surface area contributed by atoms with Crippen molar-refractivity contribution in [3.8, 4) is 6.07 Å². The van der Waals surface area contributed by atoms with Crippen molar-refractivity contribution < 1.29 is 9.63 Å². The smallest absolute Gasteiger partial charge is 0.323 e. The van der Waals surface area contributed by atoms with E-state index in [0.29, 0.717) is 5.25 Å². The average Bonchev–Trinajstić information content (AvgIpc) is 3.04. The Labute approximate surface area is 130 Å². The van der Waals surface area contributed by atoms with Crippen molar-refractivity contribution in [3.63, 3.8) is 0 Å². The number of hydrogen-bond acceptors (Lipinski definition) is 7. The molecule has 1 atom stereocenters. The van der Waals surface area contributed by atoms with Crippen molar-refractivity contribution in [2.75, 3.05) is 7.05 Å². The Morgan fingerprint density at radius 2 is 2.45 bits per heavy atom. The summed E-state index contributed by atoms with van der Waals surface area (Å²) in [5, 5.41) is 10.3. The standard InChI is InChI=1S/C12H15N3O2S3/c1-12(2,7-13)19-20-15(3)11(16)17-14-10-8-4-5-9(6-8)18-10/h4-5,9,14H,6H2,1-3H3. The normalized spacial score (nSPS) is 20.0. The van der Waals surface area contributed by atoms with Crippen LogP contribution in [0.4, 0.5) is 4.79 Å². The lowest BCUT2D eigenvalue weighted by Crippen LogP contribution is -2.27. The molecule has 1 aliphatic carbocycles. The fraction of sp³-hybridized carbons (Fsp3) is 0.500. The Balaban J connectivity index is 1.75. The molecule has 0 aromatic carbocycles. The molecule has 0 aromatic rings. The highest BCUT2D eigenvalue weighted by atomic mass is 33.1. The van der Waals surface area contributed by atoms with Gasteiger partial charge in [-0.2, -0.15) is 5.26 Å². The number of nitriles is 1. The van der Waals surface area contributed by atoms with Gasteiger partial charge in [0.25, 0.3) is 0 Å². The average molecular weight is 329 g/mol. The van der Waals surface area contributed by atoms with Gasteiger partial charge in [-0.1, -0.05) is 23.9 Å². The first-order valence-corrected chi connectivity index (χ1v) is 8.95.